The summed E-state index contributed by atoms with van der Waals surface area (Å²) >= 11 is 0. The Morgan fingerprint density at radius 2 is 1.42 bits per heavy atom. The number of hydrogen-bond acceptors (Lipinski definition) is 5. The highest BCUT2D eigenvalue weighted by atomic mass is 16.5. The molecule has 0 aromatic heterocycles. The number of carbonyl (C=O) groups excluding carboxylic acids is 2. The lowest BCUT2D eigenvalue weighted by Gasteiger charge is -2.07. The van der Waals surface area contributed by atoms with Crippen molar-refractivity contribution < 1.29 is 19.1 Å². The fourth-order valence-corrected chi connectivity index (χ4v) is 2.50. The summed E-state index contributed by atoms with van der Waals surface area (Å²) in [4.78, 5) is 24.1. The molecule has 166 valence electrons. The van der Waals surface area contributed by atoms with E-state index in [1.165, 1.54) is 6.21 Å². The molecule has 0 unspecified atom stereocenters. The summed E-state index contributed by atoms with van der Waals surface area (Å²) in [5.41, 5.74) is 3.68. The summed E-state index contributed by atoms with van der Waals surface area (Å²) in [6.07, 6.45) is 5.69. The summed E-state index contributed by atoms with van der Waals surface area (Å²) in [6.45, 7) is 5.39. The lowest BCUT2D eigenvalue weighted by Crippen LogP contribution is -2.34. The molecule has 2 amide bonds. The number of ether oxygens (including phenoxy) is 2. The molecule has 0 aliphatic rings. The maximum absolute atomic E-state index is 12.2. The van der Waals surface area contributed by atoms with Crippen LogP contribution in [0, 0.1) is 0 Å². The molecule has 0 aliphatic carbocycles. The minimum Gasteiger partial charge on any atom is -0.494 e. The number of amides is 2. The van der Waals surface area contributed by atoms with E-state index in [1.54, 1.807) is 24.3 Å². The monoisotopic (exact) mass is 425 g/mol. The van der Waals surface area contributed by atoms with E-state index in [0.29, 0.717) is 18.8 Å². The van der Waals surface area contributed by atoms with Crippen molar-refractivity contribution in [1.29, 1.82) is 0 Å². The van der Waals surface area contributed by atoms with Crippen LogP contribution in [0.15, 0.2) is 53.6 Å². The number of unbranched alkanes of at least 4 members (excludes halogenated alkanes) is 2. The second kappa shape index (κ2) is 13.8. The zero-order chi connectivity index (χ0) is 22.3. The number of nitrogens with one attached hydrogen (secondary N) is 2. The normalized spacial score (nSPS) is 10.6. The van der Waals surface area contributed by atoms with E-state index in [2.05, 4.69) is 29.7 Å². The number of nitrogens with zero attached hydrogens (tertiary/aromatic N) is 1. The minimum absolute atomic E-state index is 0.171. The van der Waals surface area contributed by atoms with Gasteiger partial charge in [0.1, 0.15) is 11.5 Å². The van der Waals surface area contributed by atoms with Gasteiger partial charge >= 0.3 is 0 Å². The van der Waals surface area contributed by atoms with Gasteiger partial charge in [0.2, 0.25) is 0 Å². The number of hydrogen-bond donors (Lipinski definition) is 2. The molecule has 2 aromatic rings. The van der Waals surface area contributed by atoms with Crippen LogP contribution >= 0.6 is 0 Å². The molecule has 0 heterocycles. The van der Waals surface area contributed by atoms with Gasteiger partial charge in [0.25, 0.3) is 11.8 Å². The van der Waals surface area contributed by atoms with Crippen LogP contribution in [0.4, 0.5) is 0 Å². The highest BCUT2D eigenvalue weighted by molar-refractivity contribution is 5.96. The molecular weight excluding hydrogens is 394 g/mol. The number of rotatable bonds is 13. The molecule has 2 aromatic carbocycles. The number of benzene rings is 2. The van der Waals surface area contributed by atoms with E-state index < -0.39 is 5.91 Å². The first-order valence-electron chi connectivity index (χ1n) is 10.7. The fourth-order valence-electron chi connectivity index (χ4n) is 2.50. The molecule has 2 rings (SSSR count). The van der Waals surface area contributed by atoms with Gasteiger partial charge in [-0.25, -0.2) is 5.43 Å². The third-order valence-corrected chi connectivity index (χ3v) is 4.34. The predicted molar refractivity (Wildman–Crippen MR) is 122 cm³/mol. The van der Waals surface area contributed by atoms with Gasteiger partial charge in [0, 0.05) is 5.56 Å². The van der Waals surface area contributed by atoms with Crippen molar-refractivity contribution in [2.75, 3.05) is 19.8 Å². The molecule has 0 atom stereocenters. The van der Waals surface area contributed by atoms with Gasteiger partial charge < -0.3 is 14.8 Å². The Hall–Kier alpha value is -3.35. The van der Waals surface area contributed by atoms with Crippen molar-refractivity contribution in [3.05, 3.63) is 59.7 Å². The van der Waals surface area contributed by atoms with Crippen LogP contribution in [0.2, 0.25) is 0 Å². The smallest absolute Gasteiger partial charge is 0.259 e. The summed E-state index contributed by atoms with van der Waals surface area (Å²) in [5.74, 6) is 0.775. The molecule has 0 aliphatic heterocycles. The van der Waals surface area contributed by atoms with E-state index in [4.69, 9.17) is 9.47 Å². The van der Waals surface area contributed by atoms with Crippen molar-refractivity contribution in [2.45, 2.75) is 39.5 Å². The first-order valence-corrected chi connectivity index (χ1v) is 10.7. The van der Waals surface area contributed by atoms with E-state index in [1.807, 2.05) is 24.3 Å². The first kappa shape index (κ1) is 23.9. The second-order valence-corrected chi connectivity index (χ2v) is 6.97. The molecule has 7 heteroatoms. The first-order chi connectivity index (χ1) is 15.1. The molecule has 0 bridgehead atoms. The third-order valence-electron chi connectivity index (χ3n) is 4.34. The molecule has 0 saturated heterocycles. The molecule has 0 spiro atoms. The van der Waals surface area contributed by atoms with Gasteiger partial charge in [-0.1, -0.05) is 26.7 Å². The molecular formula is C24H31N3O4. The van der Waals surface area contributed by atoms with Crippen molar-refractivity contribution in [2.24, 2.45) is 5.10 Å². The van der Waals surface area contributed by atoms with Crippen molar-refractivity contribution in [3.63, 3.8) is 0 Å². The lowest BCUT2D eigenvalue weighted by molar-refractivity contribution is -0.120. The number of carbonyl (C=O) groups is 2. The van der Waals surface area contributed by atoms with Crippen LogP contribution in [0.3, 0.4) is 0 Å². The largest absolute Gasteiger partial charge is 0.494 e. The van der Waals surface area contributed by atoms with Crippen LogP contribution in [0.5, 0.6) is 11.5 Å². The Kier molecular flexibility index (Phi) is 10.6. The van der Waals surface area contributed by atoms with E-state index >= 15 is 0 Å². The summed E-state index contributed by atoms with van der Waals surface area (Å²) in [6, 6.07) is 14.3. The van der Waals surface area contributed by atoms with Gasteiger partial charge in [-0.2, -0.15) is 5.10 Å². The quantitative estimate of drug-likeness (QED) is 0.289. The minimum atomic E-state index is -0.413. The maximum atomic E-state index is 12.2. The Balaban J connectivity index is 1.70. The van der Waals surface area contributed by atoms with Gasteiger partial charge in [-0.15, -0.1) is 0 Å². The van der Waals surface area contributed by atoms with Crippen LogP contribution in [0.1, 0.15) is 55.5 Å². The van der Waals surface area contributed by atoms with E-state index in [-0.39, 0.29) is 12.5 Å². The maximum Gasteiger partial charge on any atom is 0.259 e. The molecule has 0 fully saturated rings. The van der Waals surface area contributed by atoms with Gasteiger partial charge in [-0.3, -0.25) is 9.59 Å². The summed E-state index contributed by atoms with van der Waals surface area (Å²) in [7, 11) is 0. The third kappa shape index (κ3) is 9.33. The lowest BCUT2D eigenvalue weighted by atomic mass is 10.2. The Morgan fingerprint density at radius 3 is 1.97 bits per heavy atom. The standard InChI is InChI=1S/C24H31N3O4/c1-3-5-15-30-21-11-7-19(8-12-21)17-26-27-23(28)18-25-24(29)20-9-13-22(14-10-20)31-16-6-4-2/h7-14,17H,3-6,15-16,18H2,1-2H3,(H,25,29)(H,27,28). The highest BCUT2D eigenvalue weighted by Crippen LogP contribution is 2.13. The Bertz CT molecular complexity index is 833. The van der Waals surface area contributed by atoms with Crippen LogP contribution < -0.4 is 20.2 Å². The molecule has 0 radical (unpaired) electrons. The van der Waals surface area contributed by atoms with E-state index in [9.17, 15) is 9.59 Å². The zero-order valence-corrected chi connectivity index (χ0v) is 18.2. The SMILES string of the molecule is CCCCOc1ccc(C=NNC(=O)CNC(=O)c2ccc(OCCCC)cc2)cc1. The topological polar surface area (TPSA) is 89.0 Å². The van der Waals surface area contributed by atoms with E-state index in [0.717, 1.165) is 42.7 Å². The van der Waals surface area contributed by atoms with Crippen molar-refractivity contribution in [1.82, 2.24) is 10.7 Å². The molecule has 7 nitrogen and oxygen atoms in total. The highest BCUT2D eigenvalue weighted by Gasteiger charge is 2.08. The fraction of sp³-hybridized carbons (Fsp3) is 0.375. The average molecular weight is 426 g/mol. The molecule has 31 heavy (non-hydrogen) atoms. The predicted octanol–water partition coefficient (Wildman–Crippen LogP) is 3.92. The second-order valence-electron chi connectivity index (χ2n) is 6.97. The molecule has 0 saturated carbocycles. The van der Waals surface area contributed by atoms with Gasteiger partial charge in [-0.05, 0) is 66.9 Å². The van der Waals surface area contributed by atoms with Crippen LogP contribution in [-0.2, 0) is 4.79 Å². The zero-order valence-electron chi connectivity index (χ0n) is 18.2. The summed E-state index contributed by atoms with van der Waals surface area (Å²) < 4.78 is 11.2. The number of hydrazone groups is 1. The summed E-state index contributed by atoms with van der Waals surface area (Å²) in [5, 5.41) is 6.48. The average Bonchev–Trinajstić information content (AvgIpc) is 2.79. The van der Waals surface area contributed by atoms with Crippen molar-refractivity contribution in [3.8, 4) is 11.5 Å². The van der Waals surface area contributed by atoms with Gasteiger partial charge in [0.15, 0.2) is 0 Å². The van der Waals surface area contributed by atoms with Crippen molar-refractivity contribution >= 4 is 18.0 Å². The molecule has 2 N–H and O–H groups in total. The van der Waals surface area contributed by atoms with Gasteiger partial charge in [0.05, 0.1) is 26.0 Å². The van der Waals surface area contributed by atoms with Crippen LogP contribution in [0.25, 0.3) is 0 Å². The Morgan fingerprint density at radius 1 is 0.871 bits per heavy atom. The van der Waals surface area contributed by atoms with Crippen LogP contribution in [-0.4, -0.2) is 37.8 Å². The Labute approximate surface area is 183 Å².